The first-order chi connectivity index (χ1) is 9.38. The largest absolute Gasteiger partial charge is 0.476 e. The second-order valence-corrected chi connectivity index (χ2v) is 4.03. The predicted octanol–water partition coefficient (Wildman–Crippen LogP) is 2.24. The van der Waals surface area contributed by atoms with Crippen molar-refractivity contribution < 1.29 is 23.1 Å². The number of benzene rings is 1. The van der Waals surface area contributed by atoms with Crippen molar-refractivity contribution in [3.8, 4) is 0 Å². The lowest BCUT2D eigenvalue weighted by atomic mass is 10.2. The van der Waals surface area contributed by atoms with Crippen LogP contribution in [0.5, 0.6) is 0 Å². The van der Waals surface area contributed by atoms with Gasteiger partial charge in [-0.15, -0.1) is 10.2 Å². The van der Waals surface area contributed by atoms with Crippen LogP contribution in [0.25, 0.3) is 0 Å². The zero-order chi connectivity index (χ0) is 14.8. The molecule has 106 valence electrons. The van der Waals surface area contributed by atoms with Crippen LogP contribution in [0.4, 0.5) is 13.2 Å². The summed E-state index contributed by atoms with van der Waals surface area (Å²) in [5.41, 5.74) is -1.65. The standard InChI is InChI=1S/C12H10F3N3O2/c13-12(14,15)10-9(11(19)20)16-18(17-10)7-6-8-4-2-1-3-5-8/h1-5H,6-7H2,(H,19,20). The van der Waals surface area contributed by atoms with Crippen LogP contribution in [0.2, 0.25) is 0 Å². The monoisotopic (exact) mass is 285 g/mol. The molecule has 1 aromatic carbocycles. The SMILES string of the molecule is O=C(O)c1nn(CCc2ccccc2)nc1C(F)(F)F. The van der Waals surface area contributed by atoms with E-state index in [1.165, 1.54) is 0 Å². The molecule has 0 amide bonds. The lowest BCUT2D eigenvalue weighted by Gasteiger charge is -2.02. The molecule has 2 aromatic rings. The molecule has 8 heteroatoms. The van der Waals surface area contributed by atoms with E-state index in [1.807, 2.05) is 18.2 Å². The minimum absolute atomic E-state index is 0.0698. The third-order valence-corrected chi connectivity index (χ3v) is 2.57. The van der Waals surface area contributed by atoms with Crippen molar-refractivity contribution in [1.82, 2.24) is 15.0 Å². The first-order valence-electron chi connectivity index (χ1n) is 5.67. The van der Waals surface area contributed by atoms with Gasteiger partial charge in [-0.25, -0.2) is 4.79 Å². The molecule has 0 aliphatic carbocycles. The summed E-state index contributed by atoms with van der Waals surface area (Å²) in [7, 11) is 0. The number of aromatic carboxylic acids is 1. The number of carboxylic acids is 1. The molecule has 0 radical (unpaired) electrons. The van der Waals surface area contributed by atoms with Crippen LogP contribution < -0.4 is 0 Å². The van der Waals surface area contributed by atoms with Gasteiger partial charge in [-0.3, -0.25) is 0 Å². The van der Waals surface area contributed by atoms with E-state index in [2.05, 4.69) is 10.2 Å². The van der Waals surface area contributed by atoms with Crippen LogP contribution >= 0.6 is 0 Å². The lowest BCUT2D eigenvalue weighted by Crippen LogP contribution is -2.12. The zero-order valence-corrected chi connectivity index (χ0v) is 10.1. The Bertz CT molecular complexity index is 608. The number of rotatable bonds is 4. The molecular weight excluding hydrogens is 275 g/mol. The number of carboxylic acid groups (broad SMARTS) is 1. The molecule has 2 rings (SSSR count). The maximum absolute atomic E-state index is 12.6. The molecule has 0 bridgehead atoms. The Morgan fingerprint density at radius 3 is 2.35 bits per heavy atom. The van der Waals surface area contributed by atoms with Gasteiger partial charge in [0.25, 0.3) is 0 Å². The van der Waals surface area contributed by atoms with E-state index in [1.54, 1.807) is 12.1 Å². The molecule has 0 fully saturated rings. The fraction of sp³-hybridized carbons (Fsp3) is 0.250. The Morgan fingerprint density at radius 2 is 1.85 bits per heavy atom. The zero-order valence-electron chi connectivity index (χ0n) is 10.1. The smallest absolute Gasteiger partial charge is 0.437 e. The van der Waals surface area contributed by atoms with Gasteiger partial charge in [-0.05, 0) is 12.0 Å². The summed E-state index contributed by atoms with van der Waals surface area (Å²) in [4.78, 5) is 11.5. The molecular formula is C12H10F3N3O2. The van der Waals surface area contributed by atoms with Crippen molar-refractivity contribution in [2.45, 2.75) is 19.1 Å². The number of halogens is 3. The van der Waals surface area contributed by atoms with Crippen LogP contribution in [-0.4, -0.2) is 26.1 Å². The third kappa shape index (κ3) is 3.14. The number of carbonyl (C=O) groups is 1. The molecule has 20 heavy (non-hydrogen) atoms. The fourth-order valence-electron chi connectivity index (χ4n) is 1.66. The molecule has 1 aromatic heterocycles. The Morgan fingerprint density at radius 1 is 1.20 bits per heavy atom. The number of hydrogen-bond donors (Lipinski definition) is 1. The van der Waals surface area contributed by atoms with Gasteiger partial charge >= 0.3 is 12.1 Å². The predicted molar refractivity (Wildman–Crippen MR) is 62.1 cm³/mol. The lowest BCUT2D eigenvalue weighted by molar-refractivity contribution is -0.142. The molecule has 1 heterocycles. The number of alkyl halides is 3. The van der Waals surface area contributed by atoms with Crippen molar-refractivity contribution in [2.24, 2.45) is 0 Å². The number of hydrogen-bond acceptors (Lipinski definition) is 3. The maximum Gasteiger partial charge on any atom is 0.437 e. The van der Waals surface area contributed by atoms with Crippen LogP contribution in [0, 0.1) is 0 Å². The number of nitrogens with zero attached hydrogens (tertiary/aromatic N) is 3. The number of aryl methyl sites for hydroxylation is 2. The van der Waals surface area contributed by atoms with Crippen LogP contribution in [0.15, 0.2) is 30.3 Å². The quantitative estimate of drug-likeness (QED) is 0.935. The molecule has 0 spiro atoms. The Kier molecular flexibility index (Phi) is 3.73. The molecule has 0 aliphatic heterocycles. The summed E-state index contributed by atoms with van der Waals surface area (Å²) in [5.74, 6) is -1.75. The van der Waals surface area contributed by atoms with Gasteiger partial charge in [-0.1, -0.05) is 30.3 Å². The Hall–Kier alpha value is -2.38. The molecule has 0 atom stereocenters. The topological polar surface area (TPSA) is 68.0 Å². The summed E-state index contributed by atoms with van der Waals surface area (Å²) in [6.45, 7) is 0.0698. The Labute approximate surface area is 111 Å². The van der Waals surface area contributed by atoms with E-state index in [9.17, 15) is 18.0 Å². The molecule has 1 N–H and O–H groups in total. The highest BCUT2D eigenvalue weighted by Gasteiger charge is 2.40. The molecule has 0 unspecified atom stereocenters. The highest BCUT2D eigenvalue weighted by Crippen LogP contribution is 2.29. The van der Waals surface area contributed by atoms with E-state index in [0.717, 1.165) is 10.4 Å². The molecule has 0 aliphatic rings. The minimum atomic E-state index is -4.83. The van der Waals surface area contributed by atoms with E-state index in [4.69, 9.17) is 5.11 Å². The van der Waals surface area contributed by atoms with E-state index < -0.39 is 23.5 Å². The molecule has 0 saturated carbocycles. The molecule has 5 nitrogen and oxygen atoms in total. The van der Waals surface area contributed by atoms with Crippen LogP contribution in [0.1, 0.15) is 21.7 Å². The van der Waals surface area contributed by atoms with Gasteiger partial charge < -0.3 is 5.11 Å². The van der Waals surface area contributed by atoms with Crippen molar-refractivity contribution in [1.29, 1.82) is 0 Å². The first-order valence-corrected chi connectivity index (χ1v) is 5.67. The normalized spacial score (nSPS) is 11.6. The van der Waals surface area contributed by atoms with E-state index >= 15 is 0 Å². The van der Waals surface area contributed by atoms with Gasteiger partial charge in [0.2, 0.25) is 11.4 Å². The second kappa shape index (κ2) is 5.32. The highest BCUT2D eigenvalue weighted by atomic mass is 19.4. The Balaban J connectivity index is 2.19. The summed E-state index contributed by atoms with van der Waals surface area (Å²) in [6, 6.07) is 9.05. The van der Waals surface area contributed by atoms with Gasteiger partial charge in [0, 0.05) is 0 Å². The van der Waals surface area contributed by atoms with Crippen LogP contribution in [-0.2, 0) is 19.1 Å². The van der Waals surface area contributed by atoms with Crippen molar-refractivity contribution in [3.05, 3.63) is 47.3 Å². The highest BCUT2D eigenvalue weighted by molar-refractivity contribution is 5.86. The van der Waals surface area contributed by atoms with E-state index in [-0.39, 0.29) is 6.54 Å². The first kappa shape index (κ1) is 14.0. The molecule has 0 saturated heterocycles. The van der Waals surface area contributed by atoms with Crippen LogP contribution in [0.3, 0.4) is 0 Å². The van der Waals surface area contributed by atoms with Crippen molar-refractivity contribution in [2.75, 3.05) is 0 Å². The summed E-state index contributed by atoms with van der Waals surface area (Å²) in [6.07, 6.45) is -4.43. The average Bonchev–Trinajstić information content (AvgIpc) is 2.82. The second-order valence-electron chi connectivity index (χ2n) is 4.03. The summed E-state index contributed by atoms with van der Waals surface area (Å²) >= 11 is 0. The van der Waals surface area contributed by atoms with Crippen molar-refractivity contribution in [3.63, 3.8) is 0 Å². The third-order valence-electron chi connectivity index (χ3n) is 2.57. The van der Waals surface area contributed by atoms with E-state index in [0.29, 0.717) is 6.42 Å². The van der Waals surface area contributed by atoms with Gasteiger partial charge in [0.1, 0.15) is 0 Å². The summed E-state index contributed by atoms with van der Waals surface area (Å²) in [5, 5.41) is 15.3. The summed E-state index contributed by atoms with van der Waals surface area (Å²) < 4.78 is 37.8. The van der Waals surface area contributed by atoms with Gasteiger partial charge in [0.05, 0.1) is 6.54 Å². The van der Waals surface area contributed by atoms with Gasteiger partial charge in [-0.2, -0.15) is 18.0 Å². The van der Waals surface area contributed by atoms with Crippen molar-refractivity contribution >= 4 is 5.97 Å². The fourth-order valence-corrected chi connectivity index (χ4v) is 1.66. The number of aromatic nitrogens is 3. The average molecular weight is 285 g/mol. The minimum Gasteiger partial charge on any atom is -0.476 e. The van der Waals surface area contributed by atoms with Gasteiger partial charge in [0.15, 0.2) is 0 Å². The maximum atomic E-state index is 12.6.